The van der Waals surface area contributed by atoms with E-state index in [1.54, 1.807) is 6.07 Å². The van der Waals surface area contributed by atoms with Gasteiger partial charge in [-0.05, 0) is 42.0 Å². The fraction of sp³-hybridized carbons (Fsp3) is 0.455. The number of hydrogen-bond acceptors (Lipinski definition) is 6. The topological polar surface area (TPSA) is 87.1 Å². The Morgan fingerprint density at radius 3 is 2.77 bits per heavy atom. The van der Waals surface area contributed by atoms with Gasteiger partial charge in [0.2, 0.25) is 11.8 Å². The number of rotatable bonds is 3. The number of aliphatic hydroxyl groups is 1. The molecule has 8 heteroatoms. The van der Waals surface area contributed by atoms with Crippen molar-refractivity contribution in [1.29, 1.82) is 0 Å². The molecule has 5 rings (SSSR count). The zero-order chi connectivity index (χ0) is 21.2. The molecule has 1 saturated carbocycles. The molecule has 0 spiro atoms. The summed E-state index contributed by atoms with van der Waals surface area (Å²) >= 11 is 1.49. The maximum Gasteiger partial charge on any atom is 0.233 e. The molecule has 3 fully saturated rings. The number of halogens is 1. The molecule has 1 aromatic carbocycles. The molecule has 30 heavy (non-hydrogen) atoms. The Hall–Kier alpha value is -2.29. The highest BCUT2D eigenvalue weighted by molar-refractivity contribution is 7.09. The van der Waals surface area contributed by atoms with Crippen molar-refractivity contribution in [2.45, 2.75) is 38.2 Å². The van der Waals surface area contributed by atoms with Crippen molar-refractivity contribution in [3.8, 4) is 5.75 Å². The van der Waals surface area contributed by atoms with Gasteiger partial charge in [0.1, 0.15) is 0 Å². The van der Waals surface area contributed by atoms with Gasteiger partial charge in [0.05, 0.1) is 24.5 Å². The van der Waals surface area contributed by atoms with Crippen LogP contribution in [0.15, 0.2) is 35.7 Å². The zero-order valence-electron chi connectivity index (χ0n) is 16.3. The molecule has 1 aromatic heterocycles. The number of carbonyl (C=O) groups excluding carboxylic acids is 2. The molecule has 2 saturated heterocycles. The molecule has 0 bridgehead atoms. The third-order valence-electron chi connectivity index (χ3n) is 6.88. The third kappa shape index (κ3) is 2.81. The summed E-state index contributed by atoms with van der Waals surface area (Å²) in [6.45, 7) is 2.07. The predicted octanol–water partition coefficient (Wildman–Crippen LogP) is 3.20. The SMILES string of the molecule is C[C@H]1C[C@@H]2C(=O)N(Cc3cccs3)C(=O)[C@@H]2[C@@H]2C[C@@H](c3ccc(O)c(F)c3)O[C@]12O. The van der Waals surface area contributed by atoms with E-state index in [0.29, 0.717) is 18.4 Å². The van der Waals surface area contributed by atoms with Gasteiger partial charge in [-0.3, -0.25) is 14.5 Å². The molecule has 0 radical (unpaired) electrons. The number of amides is 2. The number of imide groups is 1. The highest BCUT2D eigenvalue weighted by atomic mass is 32.1. The van der Waals surface area contributed by atoms with Gasteiger partial charge in [-0.15, -0.1) is 11.3 Å². The van der Waals surface area contributed by atoms with Crippen LogP contribution in [0.5, 0.6) is 5.75 Å². The average Bonchev–Trinajstić information content (AvgIpc) is 3.40. The number of nitrogens with zero attached hydrogens (tertiary/aromatic N) is 1. The minimum Gasteiger partial charge on any atom is -0.505 e. The Kier molecular flexibility index (Phi) is 4.50. The molecule has 1 aliphatic carbocycles. The molecule has 3 aliphatic rings. The Morgan fingerprint density at radius 2 is 2.07 bits per heavy atom. The lowest BCUT2D eigenvalue weighted by atomic mass is 9.65. The second kappa shape index (κ2) is 6.87. The number of likely N-dealkylation sites (tertiary alicyclic amines) is 1. The van der Waals surface area contributed by atoms with Gasteiger partial charge in [0.25, 0.3) is 0 Å². The standard InChI is InChI=1S/C22H22FNO5S/c1-11-7-14-19(21(27)24(20(14)26)10-13-3-2-6-30-13)15-9-18(29-22(11,15)28)12-4-5-17(25)16(23)8-12/h2-6,8,11,14-15,18-19,25,28H,7,9-10H2,1H3/t11-,14-,15-,18-,19-,22+/m0/s1. The van der Waals surface area contributed by atoms with Gasteiger partial charge >= 0.3 is 0 Å². The first-order valence-electron chi connectivity index (χ1n) is 10.1. The number of aromatic hydroxyl groups is 1. The minimum absolute atomic E-state index is 0.188. The number of ether oxygens (including phenoxy) is 1. The van der Waals surface area contributed by atoms with Crippen LogP contribution in [0, 0.1) is 29.5 Å². The fourth-order valence-corrected chi connectivity index (χ4v) is 6.05. The first kappa shape index (κ1) is 19.7. The summed E-state index contributed by atoms with van der Waals surface area (Å²) in [6, 6.07) is 7.76. The average molecular weight is 431 g/mol. The molecule has 2 aromatic rings. The molecule has 6 atom stereocenters. The van der Waals surface area contributed by atoms with Crippen LogP contribution in [0.3, 0.4) is 0 Å². The summed E-state index contributed by atoms with van der Waals surface area (Å²) in [6.07, 6.45) is 0.0447. The number of fused-ring (bicyclic) bond motifs is 3. The van der Waals surface area contributed by atoms with Crippen molar-refractivity contribution in [2.24, 2.45) is 23.7 Å². The van der Waals surface area contributed by atoms with Gasteiger partial charge in [-0.1, -0.05) is 19.1 Å². The molecule has 0 unspecified atom stereocenters. The summed E-state index contributed by atoms with van der Waals surface area (Å²) in [5.74, 6) is -5.27. The highest BCUT2D eigenvalue weighted by Gasteiger charge is 2.65. The summed E-state index contributed by atoms with van der Waals surface area (Å²) < 4.78 is 19.9. The molecule has 2 N–H and O–H groups in total. The van der Waals surface area contributed by atoms with Gasteiger partial charge in [0, 0.05) is 16.7 Å². The number of phenols is 1. The monoisotopic (exact) mass is 431 g/mol. The molecular formula is C22H22FNO5S. The zero-order valence-corrected chi connectivity index (χ0v) is 17.1. The Morgan fingerprint density at radius 1 is 1.27 bits per heavy atom. The van der Waals surface area contributed by atoms with E-state index in [1.165, 1.54) is 28.4 Å². The maximum atomic E-state index is 13.9. The van der Waals surface area contributed by atoms with Crippen molar-refractivity contribution in [2.75, 3.05) is 0 Å². The van der Waals surface area contributed by atoms with E-state index in [4.69, 9.17) is 4.74 Å². The Bertz CT molecular complexity index is 1010. The van der Waals surface area contributed by atoms with Crippen LogP contribution in [0.2, 0.25) is 0 Å². The number of thiophene rings is 1. The Labute approximate surface area is 176 Å². The third-order valence-corrected chi connectivity index (χ3v) is 7.74. The van der Waals surface area contributed by atoms with E-state index in [0.717, 1.165) is 4.88 Å². The second-order valence-electron chi connectivity index (χ2n) is 8.52. The van der Waals surface area contributed by atoms with E-state index in [2.05, 4.69) is 0 Å². The van der Waals surface area contributed by atoms with Crippen molar-refractivity contribution in [1.82, 2.24) is 4.90 Å². The fourth-order valence-electron chi connectivity index (χ4n) is 5.35. The molecule has 6 nitrogen and oxygen atoms in total. The molecule has 158 valence electrons. The molecule has 2 amide bonds. The minimum atomic E-state index is -1.56. The Balaban J connectivity index is 1.46. The highest BCUT2D eigenvalue weighted by Crippen LogP contribution is 2.58. The van der Waals surface area contributed by atoms with E-state index < -0.39 is 41.2 Å². The summed E-state index contributed by atoms with van der Waals surface area (Å²) in [5, 5.41) is 22.7. The van der Waals surface area contributed by atoms with Crippen LogP contribution >= 0.6 is 11.3 Å². The molecule has 2 aliphatic heterocycles. The van der Waals surface area contributed by atoms with E-state index in [1.807, 2.05) is 24.4 Å². The van der Waals surface area contributed by atoms with Gasteiger partial charge < -0.3 is 14.9 Å². The van der Waals surface area contributed by atoms with Gasteiger partial charge in [0.15, 0.2) is 17.4 Å². The lowest BCUT2D eigenvalue weighted by Crippen LogP contribution is -2.52. The molecular weight excluding hydrogens is 409 g/mol. The van der Waals surface area contributed by atoms with Crippen LogP contribution in [0.1, 0.15) is 36.3 Å². The largest absolute Gasteiger partial charge is 0.505 e. The van der Waals surface area contributed by atoms with Crippen molar-refractivity contribution in [3.63, 3.8) is 0 Å². The summed E-state index contributed by atoms with van der Waals surface area (Å²) in [7, 11) is 0. The van der Waals surface area contributed by atoms with Crippen LogP contribution in [0.25, 0.3) is 0 Å². The lowest BCUT2D eigenvalue weighted by Gasteiger charge is -2.43. The normalized spacial score (nSPS) is 35.6. The first-order chi connectivity index (χ1) is 14.3. The second-order valence-corrected chi connectivity index (χ2v) is 9.55. The first-order valence-corrected chi connectivity index (χ1v) is 10.9. The van der Waals surface area contributed by atoms with E-state index in [-0.39, 0.29) is 24.3 Å². The lowest BCUT2D eigenvalue weighted by molar-refractivity contribution is -0.265. The van der Waals surface area contributed by atoms with Crippen molar-refractivity contribution >= 4 is 23.2 Å². The van der Waals surface area contributed by atoms with Crippen molar-refractivity contribution in [3.05, 3.63) is 52.0 Å². The number of hydrogen-bond donors (Lipinski definition) is 2. The van der Waals surface area contributed by atoms with Crippen molar-refractivity contribution < 1.29 is 28.9 Å². The predicted molar refractivity (Wildman–Crippen MR) is 106 cm³/mol. The summed E-state index contributed by atoms with van der Waals surface area (Å²) in [5.41, 5.74) is 0.490. The number of phenolic OH excluding ortho intramolecular Hbond substituents is 1. The maximum absolute atomic E-state index is 13.9. The quantitative estimate of drug-likeness (QED) is 0.729. The van der Waals surface area contributed by atoms with Crippen LogP contribution in [-0.2, 0) is 20.9 Å². The van der Waals surface area contributed by atoms with Gasteiger partial charge in [-0.25, -0.2) is 4.39 Å². The summed E-state index contributed by atoms with van der Waals surface area (Å²) in [4.78, 5) is 28.6. The number of carbonyl (C=O) groups is 2. The van der Waals surface area contributed by atoms with E-state index in [9.17, 15) is 24.2 Å². The van der Waals surface area contributed by atoms with Crippen LogP contribution < -0.4 is 0 Å². The van der Waals surface area contributed by atoms with Gasteiger partial charge in [-0.2, -0.15) is 0 Å². The van der Waals surface area contributed by atoms with Crippen LogP contribution in [0.4, 0.5) is 4.39 Å². The van der Waals surface area contributed by atoms with E-state index >= 15 is 0 Å². The molecule has 3 heterocycles. The number of benzene rings is 1. The smallest absolute Gasteiger partial charge is 0.233 e. The van der Waals surface area contributed by atoms with Crippen LogP contribution in [-0.4, -0.2) is 32.7 Å².